The zero-order valence-electron chi connectivity index (χ0n) is 14.3. The van der Waals surface area contributed by atoms with Gasteiger partial charge in [0.1, 0.15) is 0 Å². The highest BCUT2D eigenvalue weighted by atomic mass is 32.1. The lowest BCUT2D eigenvalue weighted by atomic mass is 10.1. The topological polar surface area (TPSA) is 42.0 Å². The lowest BCUT2D eigenvalue weighted by Gasteiger charge is -2.11. The Bertz CT molecular complexity index is 1150. The number of halogens is 3. The van der Waals surface area contributed by atoms with E-state index in [0.717, 1.165) is 17.5 Å². The van der Waals surface area contributed by atoms with Crippen molar-refractivity contribution >= 4 is 33.8 Å². The number of carbonyl (C=O) groups excluding carboxylic acids is 1. The molecule has 4 aromatic rings. The van der Waals surface area contributed by atoms with Gasteiger partial charge < -0.3 is 5.32 Å². The molecule has 2 aromatic carbocycles. The van der Waals surface area contributed by atoms with Crippen molar-refractivity contribution < 1.29 is 18.0 Å². The first-order valence-corrected chi connectivity index (χ1v) is 9.22. The third kappa shape index (κ3) is 3.61. The van der Waals surface area contributed by atoms with Crippen molar-refractivity contribution in [2.45, 2.75) is 6.18 Å². The molecule has 0 atom stereocenters. The zero-order valence-corrected chi connectivity index (χ0v) is 15.1. The number of hydrogen-bond acceptors (Lipinski definition) is 3. The molecule has 7 heteroatoms. The minimum Gasteiger partial charge on any atom is -0.319 e. The molecular formula is C21H13F3N2OS. The van der Waals surface area contributed by atoms with Crippen molar-refractivity contribution in [1.82, 2.24) is 4.98 Å². The van der Waals surface area contributed by atoms with E-state index in [2.05, 4.69) is 10.3 Å². The van der Waals surface area contributed by atoms with Crippen LogP contribution in [0.2, 0.25) is 0 Å². The van der Waals surface area contributed by atoms with Crippen LogP contribution in [0.5, 0.6) is 0 Å². The maximum atomic E-state index is 13.0. The molecule has 0 saturated heterocycles. The summed E-state index contributed by atoms with van der Waals surface area (Å²) >= 11 is 1.32. The molecule has 3 nitrogen and oxygen atoms in total. The SMILES string of the molecule is O=C(Nc1cccc2ccc(-c3cccc(C(F)(F)F)c3)nc12)c1cccs1. The molecule has 1 amide bonds. The van der Waals surface area contributed by atoms with Crippen LogP contribution in [0, 0.1) is 0 Å². The summed E-state index contributed by atoms with van der Waals surface area (Å²) in [7, 11) is 0. The number of para-hydroxylation sites is 1. The molecule has 0 radical (unpaired) electrons. The summed E-state index contributed by atoms with van der Waals surface area (Å²) in [4.78, 5) is 17.5. The van der Waals surface area contributed by atoms with Gasteiger partial charge in [-0.25, -0.2) is 4.98 Å². The van der Waals surface area contributed by atoms with Gasteiger partial charge >= 0.3 is 6.18 Å². The number of nitrogens with zero attached hydrogens (tertiary/aromatic N) is 1. The number of pyridine rings is 1. The summed E-state index contributed by atoms with van der Waals surface area (Å²) in [6.07, 6.45) is -4.42. The third-order valence-electron chi connectivity index (χ3n) is 4.20. The van der Waals surface area contributed by atoms with Crippen molar-refractivity contribution in [3.05, 3.63) is 82.6 Å². The highest BCUT2D eigenvalue weighted by Gasteiger charge is 2.30. The maximum Gasteiger partial charge on any atom is 0.416 e. The van der Waals surface area contributed by atoms with Crippen molar-refractivity contribution in [3.8, 4) is 11.3 Å². The van der Waals surface area contributed by atoms with Crippen LogP contribution >= 0.6 is 11.3 Å². The zero-order chi connectivity index (χ0) is 19.7. The van der Waals surface area contributed by atoms with Crippen molar-refractivity contribution in [1.29, 1.82) is 0 Å². The van der Waals surface area contributed by atoms with Gasteiger partial charge in [-0.15, -0.1) is 11.3 Å². The van der Waals surface area contributed by atoms with Crippen LogP contribution < -0.4 is 5.32 Å². The molecule has 140 valence electrons. The average Bonchev–Trinajstić information content (AvgIpc) is 3.22. The highest BCUT2D eigenvalue weighted by molar-refractivity contribution is 7.12. The van der Waals surface area contributed by atoms with Crippen LogP contribution in [0.25, 0.3) is 22.2 Å². The number of benzene rings is 2. The number of aromatic nitrogens is 1. The normalized spacial score (nSPS) is 11.5. The van der Waals surface area contributed by atoms with Crippen LogP contribution in [-0.4, -0.2) is 10.9 Å². The second-order valence-corrected chi connectivity index (χ2v) is 7.03. The first-order valence-electron chi connectivity index (χ1n) is 8.34. The van der Waals surface area contributed by atoms with Crippen molar-refractivity contribution in [2.24, 2.45) is 0 Å². The smallest absolute Gasteiger partial charge is 0.319 e. The molecule has 2 aromatic heterocycles. The number of nitrogens with one attached hydrogen (secondary N) is 1. The van der Waals surface area contributed by atoms with Crippen LogP contribution in [0.4, 0.5) is 18.9 Å². The molecule has 0 fully saturated rings. The molecular weight excluding hydrogens is 385 g/mol. The highest BCUT2D eigenvalue weighted by Crippen LogP contribution is 2.33. The maximum absolute atomic E-state index is 13.0. The summed E-state index contributed by atoms with van der Waals surface area (Å²) in [5.41, 5.74) is 1.05. The number of fused-ring (bicyclic) bond motifs is 1. The quantitative estimate of drug-likeness (QED) is 0.444. The van der Waals surface area contributed by atoms with Crippen LogP contribution in [0.15, 0.2) is 72.1 Å². The van der Waals surface area contributed by atoms with E-state index in [1.165, 1.54) is 17.4 Å². The molecule has 4 rings (SSSR count). The molecule has 0 bridgehead atoms. The van der Waals surface area contributed by atoms with Gasteiger partial charge in [0.2, 0.25) is 0 Å². The molecule has 0 aliphatic heterocycles. The Balaban J connectivity index is 1.75. The van der Waals surface area contributed by atoms with E-state index in [0.29, 0.717) is 27.3 Å². The first-order chi connectivity index (χ1) is 13.4. The van der Waals surface area contributed by atoms with Gasteiger partial charge in [-0.2, -0.15) is 13.2 Å². The van der Waals surface area contributed by atoms with Gasteiger partial charge in [0.05, 0.1) is 27.3 Å². The molecule has 2 heterocycles. The van der Waals surface area contributed by atoms with Crippen LogP contribution in [0.1, 0.15) is 15.2 Å². The molecule has 1 N–H and O–H groups in total. The number of thiophene rings is 1. The fourth-order valence-electron chi connectivity index (χ4n) is 2.86. The monoisotopic (exact) mass is 398 g/mol. The Hall–Kier alpha value is -3.19. The molecule has 0 aliphatic rings. The second-order valence-electron chi connectivity index (χ2n) is 6.08. The molecule has 0 unspecified atom stereocenters. The Morgan fingerprint density at radius 3 is 2.54 bits per heavy atom. The van der Waals surface area contributed by atoms with Gasteiger partial charge in [-0.1, -0.05) is 36.4 Å². The van der Waals surface area contributed by atoms with Crippen molar-refractivity contribution in [3.63, 3.8) is 0 Å². The van der Waals surface area contributed by atoms with E-state index in [1.54, 1.807) is 42.5 Å². The van der Waals surface area contributed by atoms with Gasteiger partial charge in [-0.3, -0.25) is 4.79 Å². The summed E-state index contributed by atoms with van der Waals surface area (Å²) in [5, 5.41) is 5.42. The summed E-state index contributed by atoms with van der Waals surface area (Å²) in [5.74, 6) is -0.256. The molecule has 0 saturated carbocycles. The largest absolute Gasteiger partial charge is 0.416 e. The van der Waals surface area contributed by atoms with Gasteiger partial charge in [-0.05, 0) is 35.7 Å². The lowest BCUT2D eigenvalue weighted by Crippen LogP contribution is -2.10. The minimum atomic E-state index is -4.42. The van der Waals surface area contributed by atoms with E-state index >= 15 is 0 Å². The van der Waals surface area contributed by atoms with Gasteiger partial charge in [0.15, 0.2) is 0 Å². The average molecular weight is 398 g/mol. The number of carbonyl (C=O) groups is 1. The number of amides is 1. The van der Waals surface area contributed by atoms with E-state index in [4.69, 9.17) is 0 Å². The summed E-state index contributed by atoms with van der Waals surface area (Å²) in [6, 6.07) is 17.3. The van der Waals surface area contributed by atoms with Gasteiger partial charge in [0, 0.05) is 10.9 Å². The van der Waals surface area contributed by atoms with Gasteiger partial charge in [0.25, 0.3) is 5.91 Å². The predicted molar refractivity (Wildman–Crippen MR) is 104 cm³/mol. The van der Waals surface area contributed by atoms with E-state index in [-0.39, 0.29) is 5.91 Å². The molecule has 0 spiro atoms. The van der Waals surface area contributed by atoms with Crippen LogP contribution in [0.3, 0.4) is 0 Å². The predicted octanol–water partition coefficient (Wildman–Crippen LogP) is 6.23. The Labute approximate surface area is 162 Å². The van der Waals surface area contributed by atoms with Crippen molar-refractivity contribution in [2.75, 3.05) is 5.32 Å². The Morgan fingerprint density at radius 2 is 1.79 bits per heavy atom. The van der Waals surface area contributed by atoms with E-state index in [9.17, 15) is 18.0 Å². The fraction of sp³-hybridized carbons (Fsp3) is 0.0476. The number of alkyl halides is 3. The van der Waals surface area contributed by atoms with Crippen LogP contribution in [-0.2, 0) is 6.18 Å². The van der Waals surface area contributed by atoms with E-state index < -0.39 is 11.7 Å². The summed E-state index contributed by atoms with van der Waals surface area (Å²) in [6.45, 7) is 0. The number of hydrogen-bond donors (Lipinski definition) is 1. The standard InChI is InChI=1S/C21H13F3N2OS/c22-21(23,24)15-6-1-5-14(12-15)16-10-9-13-4-2-7-17(19(13)25-16)26-20(27)18-8-3-11-28-18/h1-12H,(H,26,27). The number of rotatable bonds is 3. The minimum absolute atomic E-state index is 0.256. The molecule has 0 aliphatic carbocycles. The second kappa shape index (κ2) is 7.09. The lowest BCUT2D eigenvalue weighted by molar-refractivity contribution is -0.137. The Kier molecular flexibility index (Phi) is 4.60. The first kappa shape index (κ1) is 18.2. The Morgan fingerprint density at radius 1 is 0.964 bits per heavy atom. The third-order valence-corrected chi connectivity index (χ3v) is 5.07. The van der Waals surface area contributed by atoms with E-state index in [1.807, 2.05) is 11.4 Å². The molecule has 28 heavy (non-hydrogen) atoms. The summed E-state index contributed by atoms with van der Waals surface area (Å²) < 4.78 is 39.0. The number of anilines is 1. The fourth-order valence-corrected chi connectivity index (χ4v) is 3.47.